The van der Waals surface area contributed by atoms with Gasteiger partial charge >= 0.3 is 11.8 Å². The van der Waals surface area contributed by atoms with Gasteiger partial charge in [0, 0.05) is 6.04 Å². The molecule has 1 atom stereocenters. The first kappa shape index (κ1) is 17.9. The van der Waals surface area contributed by atoms with Gasteiger partial charge in [0.25, 0.3) is 0 Å². The van der Waals surface area contributed by atoms with E-state index in [1.54, 1.807) is 6.26 Å². The van der Waals surface area contributed by atoms with Crippen molar-refractivity contribution in [2.24, 2.45) is 0 Å². The Bertz CT molecular complexity index is 549. The molecule has 1 aliphatic carbocycles. The number of ether oxygens (including phenoxy) is 1. The summed E-state index contributed by atoms with van der Waals surface area (Å²) < 4.78 is 11.0. The van der Waals surface area contributed by atoms with Crippen LogP contribution in [-0.2, 0) is 14.3 Å². The van der Waals surface area contributed by atoms with Crippen molar-refractivity contribution >= 4 is 11.8 Å². The number of amides is 2. The molecule has 7 nitrogen and oxygen atoms in total. The third-order valence-electron chi connectivity index (χ3n) is 5.13. The number of hydrogen-bond donors (Lipinski definition) is 3. The normalized spacial score (nSPS) is 20.8. The molecule has 138 valence electrons. The van der Waals surface area contributed by atoms with Gasteiger partial charge in [0.15, 0.2) is 11.8 Å². The summed E-state index contributed by atoms with van der Waals surface area (Å²) in [5, 5.41) is 5.64. The molecule has 25 heavy (non-hydrogen) atoms. The Balaban J connectivity index is 1.52. The van der Waals surface area contributed by atoms with E-state index in [9.17, 15) is 9.59 Å². The smallest absolute Gasteiger partial charge is 0.309 e. The molecule has 0 radical (unpaired) electrons. The van der Waals surface area contributed by atoms with Crippen LogP contribution in [0.25, 0.3) is 0 Å². The number of carbonyl (C=O) groups excluding carboxylic acids is 2. The monoisotopic (exact) mass is 350 g/mol. The molecule has 2 aliphatic rings. The van der Waals surface area contributed by atoms with E-state index >= 15 is 0 Å². The van der Waals surface area contributed by atoms with Crippen molar-refractivity contribution in [3.05, 3.63) is 24.2 Å². The van der Waals surface area contributed by atoms with Crippen molar-refractivity contribution in [2.45, 2.75) is 44.2 Å². The van der Waals surface area contributed by atoms with Crippen LogP contribution in [0.4, 0.5) is 0 Å². The maximum absolute atomic E-state index is 12.2. The molecule has 0 unspecified atom stereocenters. The lowest BCUT2D eigenvalue weighted by atomic mass is 9.95. The van der Waals surface area contributed by atoms with Crippen LogP contribution in [0.3, 0.4) is 0 Å². The Morgan fingerprint density at radius 3 is 2.60 bits per heavy atom. The van der Waals surface area contributed by atoms with Crippen LogP contribution in [0.5, 0.6) is 0 Å². The highest BCUT2D eigenvalue weighted by Crippen LogP contribution is 2.17. The van der Waals surface area contributed by atoms with E-state index in [4.69, 9.17) is 9.15 Å². The van der Waals surface area contributed by atoms with Crippen LogP contribution in [0.1, 0.15) is 43.9 Å². The molecule has 1 aromatic heterocycles. The molecule has 1 saturated carbocycles. The number of morpholine rings is 1. The molecule has 0 bridgehead atoms. The summed E-state index contributed by atoms with van der Waals surface area (Å²) in [5.74, 6) is -0.262. The number of quaternary nitrogens is 1. The minimum atomic E-state index is -0.560. The highest BCUT2D eigenvalue weighted by Gasteiger charge is 2.30. The topological polar surface area (TPSA) is 85.0 Å². The second kappa shape index (κ2) is 9.01. The van der Waals surface area contributed by atoms with Gasteiger partial charge < -0.3 is 24.7 Å². The highest BCUT2D eigenvalue weighted by atomic mass is 16.5. The number of carbonyl (C=O) groups is 2. The van der Waals surface area contributed by atoms with Gasteiger partial charge in [0.2, 0.25) is 0 Å². The summed E-state index contributed by atoms with van der Waals surface area (Å²) in [7, 11) is 0. The fourth-order valence-electron chi connectivity index (χ4n) is 3.69. The Morgan fingerprint density at radius 1 is 1.16 bits per heavy atom. The molecular formula is C18H28N3O4+. The molecule has 1 aromatic rings. The molecule has 0 aromatic carbocycles. The molecule has 3 rings (SSSR count). The van der Waals surface area contributed by atoms with Crippen LogP contribution in [-0.4, -0.2) is 50.7 Å². The predicted molar refractivity (Wildman–Crippen MR) is 91.0 cm³/mol. The van der Waals surface area contributed by atoms with E-state index in [1.165, 1.54) is 11.3 Å². The second-order valence-corrected chi connectivity index (χ2v) is 6.86. The SMILES string of the molecule is O=C(NC[C@@H](c1ccco1)[NH+]1CCOCC1)C(=O)NC1CCCCC1. The number of nitrogens with one attached hydrogen (secondary N) is 3. The van der Waals surface area contributed by atoms with E-state index in [2.05, 4.69) is 10.6 Å². The van der Waals surface area contributed by atoms with E-state index in [0.717, 1.165) is 44.5 Å². The molecule has 2 heterocycles. The van der Waals surface area contributed by atoms with Crippen molar-refractivity contribution in [1.29, 1.82) is 0 Å². The average molecular weight is 350 g/mol. The molecule has 2 fully saturated rings. The second-order valence-electron chi connectivity index (χ2n) is 6.86. The van der Waals surface area contributed by atoms with Gasteiger partial charge in [-0.2, -0.15) is 0 Å². The van der Waals surface area contributed by atoms with Gasteiger partial charge in [-0.3, -0.25) is 9.59 Å². The highest BCUT2D eigenvalue weighted by molar-refractivity contribution is 6.35. The van der Waals surface area contributed by atoms with Crippen molar-refractivity contribution in [3.63, 3.8) is 0 Å². The summed E-state index contributed by atoms with van der Waals surface area (Å²) in [6.45, 7) is 3.48. The Kier molecular flexibility index (Phi) is 6.47. The predicted octanol–water partition coefficient (Wildman–Crippen LogP) is -0.199. The molecular weight excluding hydrogens is 322 g/mol. The third kappa shape index (κ3) is 5.06. The molecule has 3 N–H and O–H groups in total. The average Bonchev–Trinajstić information content (AvgIpc) is 3.18. The number of hydrogen-bond acceptors (Lipinski definition) is 4. The fraction of sp³-hybridized carbons (Fsp3) is 0.667. The largest absolute Gasteiger partial charge is 0.463 e. The Morgan fingerprint density at radius 2 is 1.92 bits per heavy atom. The van der Waals surface area contributed by atoms with E-state index in [-0.39, 0.29) is 12.1 Å². The zero-order valence-corrected chi connectivity index (χ0v) is 14.6. The zero-order chi connectivity index (χ0) is 17.5. The van der Waals surface area contributed by atoms with Crippen molar-refractivity contribution in [1.82, 2.24) is 10.6 Å². The van der Waals surface area contributed by atoms with Gasteiger partial charge in [-0.1, -0.05) is 19.3 Å². The first-order chi connectivity index (χ1) is 12.2. The maximum atomic E-state index is 12.2. The zero-order valence-electron chi connectivity index (χ0n) is 14.6. The lowest BCUT2D eigenvalue weighted by molar-refractivity contribution is -0.938. The molecule has 7 heteroatoms. The minimum Gasteiger partial charge on any atom is -0.463 e. The summed E-state index contributed by atoms with van der Waals surface area (Å²) in [6, 6.07) is 3.89. The third-order valence-corrected chi connectivity index (χ3v) is 5.13. The van der Waals surface area contributed by atoms with Crippen molar-refractivity contribution < 1.29 is 23.6 Å². The maximum Gasteiger partial charge on any atom is 0.309 e. The molecule has 0 spiro atoms. The van der Waals surface area contributed by atoms with Crippen LogP contribution in [0.2, 0.25) is 0 Å². The molecule has 1 saturated heterocycles. The van der Waals surface area contributed by atoms with Gasteiger partial charge in [0.1, 0.15) is 13.1 Å². The van der Waals surface area contributed by atoms with Crippen LogP contribution in [0, 0.1) is 0 Å². The Labute approximate surface area is 148 Å². The van der Waals surface area contributed by atoms with Gasteiger partial charge in [-0.05, 0) is 25.0 Å². The standard InChI is InChI=1S/C18H27N3O4/c22-17(18(23)20-14-5-2-1-3-6-14)19-13-15(16-7-4-10-25-16)21-8-11-24-12-9-21/h4,7,10,14-15H,1-3,5-6,8-9,11-13H2,(H,19,22)(H,20,23)/p+1/t15-/m0/s1. The summed E-state index contributed by atoms with van der Waals surface area (Å²) in [5.41, 5.74) is 0. The van der Waals surface area contributed by atoms with E-state index in [1.807, 2.05) is 12.1 Å². The van der Waals surface area contributed by atoms with E-state index in [0.29, 0.717) is 19.8 Å². The first-order valence-electron chi connectivity index (χ1n) is 9.28. The van der Waals surface area contributed by atoms with Gasteiger partial charge in [-0.25, -0.2) is 0 Å². The minimum absolute atomic E-state index is 0.00895. The van der Waals surface area contributed by atoms with Crippen molar-refractivity contribution in [2.75, 3.05) is 32.8 Å². The van der Waals surface area contributed by atoms with Crippen LogP contribution in [0.15, 0.2) is 22.8 Å². The van der Waals surface area contributed by atoms with Crippen LogP contribution < -0.4 is 15.5 Å². The van der Waals surface area contributed by atoms with Gasteiger partial charge in [0.05, 0.1) is 26.0 Å². The molecule has 2 amide bonds. The summed E-state index contributed by atoms with van der Waals surface area (Å²) in [6.07, 6.45) is 7.02. The van der Waals surface area contributed by atoms with E-state index < -0.39 is 11.8 Å². The lowest BCUT2D eigenvalue weighted by Gasteiger charge is -2.30. The van der Waals surface area contributed by atoms with Crippen molar-refractivity contribution in [3.8, 4) is 0 Å². The molecule has 1 aliphatic heterocycles. The fourth-order valence-corrected chi connectivity index (χ4v) is 3.69. The first-order valence-corrected chi connectivity index (χ1v) is 9.28. The Hall–Kier alpha value is -1.86. The number of furan rings is 1. The quantitative estimate of drug-likeness (QED) is 0.642. The summed E-state index contributed by atoms with van der Waals surface area (Å²) >= 11 is 0. The van der Waals surface area contributed by atoms with Crippen LogP contribution >= 0.6 is 0 Å². The number of rotatable bonds is 5. The summed E-state index contributed by atoms with van der Waals surface area (Å²) in [4.78, 5) is 25.6. The lowest BCUT2D eigenvalue weighted by Crippen LogP contribution is -3.15. The van der Waals surface area contributed by atoms with Gasteiger partial charge in [-0.15, -0.1) is 0 Å².